The maximum atomic E-state index is 12.1. The first-order chi connectivity index (χ1) is 9.50. The molecule has 0 aliphatic heterocycles. The Morgan fingerprint density at radius 2 is 1.65 bits per heavy atom. The molecule has 0 aromatic carbocycles. The summed E-state index contributed by atoms with van der Waals surface area (Å²) in [5, 5.41) is 22.3. The zero-order valence-corrected chi connectivity index (χ0v) is 11.9. The highest BCUT2D eigenvalue weighted by Gasteiger charge is 2.35. The molecular formula is C15H25NO4. The molecule has 1 amide bonds. The molecule has 114 valence electrons. The van der Waals surface area contributed by atoms with Gasteiger partial charge in [-0.1, -0.05) is 25.7 Å². The van der Waals surface area contributed by atoms with E-state index in [-0.39, 0.29) is 17.7 Å². The number of hydrogen-bond donors (Lipinski definition) is 3. The van der Waals surface area contributed by atoms with Crippen LogP contribution < -0.4 is 5.32 Å². The predicted octanol–water partition coefficient (Wildman–Crippen LogP) is 1.69. The van der Waals surface area contributed by atoms with Crippen LogP contribution in [0.15, 0.2) is 0 Å². The fourth-order valence-corrected chi connectivity index (χ4v) is 3.40. The average Bonchev–Trinajstić information content (AvgIpc) is 2.81. The van der Waals surface area contributed by atoms with Gasteiger partial charge in [-0.2, -0.15) is 0 Å². The maximum absolute atomic E-state index is 12.1. The number of carbonyl (C=O) groups is 2. The lowest BCUT2D eigenvalue weighted by Gasteiger charge is -2.27. The molecule has 0 spiro atoms. The summed E-state index contributed by atoms with van der Waals surface area (Å²) in [5.74, 6) is -1.48. The van der Waals surface area contributed by atoms with Crippen LogP contribution in [0.2, 0.25) is 0 Å². The first-order valence-corrected chi connectivity index (χ1v) is 7.73. The molecule has 2 rings (SSSR count). The summed E-state index contributed by atoms with van der Waals surface area (Å²) >= 11 is 0. The molecule has 0 heterocycles. The summed E-state index contributed by atoms with van der Waals surface area (Å²) in [5.41, 5.74) is -0.767. The van der Waals surface area contributed by atoms with E-state index in [1.165, 1.54) is 0 Å². The molecule has 2 atom stereocenters. The van der Waals surface area contributed by atoms with Crippen molar-refractivity contribution in [3.05, 3.63) is 0 Å². The smallest absolute Gasteiger partial charge is 0.306 e. The summed E-state index contributed by atoms with van der Waals surface area (Å²) in [4.78, 5) is 23.0. The van der Waals surface area contributed by atoms with E-state index in [0.29, 0.717) is 25.8 Å². The van der Waals surface area contributed by atoms with Crippen molar-refractivity contribution in [2.75, 3.05) is 6.54 Å². The van der Waals surface area contributed by atoms with Crippen LogP contribution in [0.3, 0.4) is 0 Å². The van der Waals surface area contributed by atoms with Crippen molar-refractivity contribution in [3.63, 3.8) is 0 Å². The van der Waals surface area contributed by atoms with E-state index in [2.05, 4.69) is 5.32 Å². The second-order valence-electron chi connectivity index (χ2n) is 6.40. The first-order valence-electron chi connectivity index (χ1n) is 7.73. The Kier molecular flexibility index (Phi) is 5.02. The molecule has 2 saturated carbocycles. The van der Waals surface area contributed by atoms with E-state index in [4.69, 9.17) is 5.11 Å². The SMILES string of the molecule is O=C(O)[C@H]1CC[C@@H](C(=O)NCC2(O)CCCCCC2)C1. The second-order valence-corrected chi connectivity index (χ2v) is 6.40. The van der Waals surface area contributed by atoms with Gasteiger partial charge >= 0.3 is 5.97 Å². The lowest BCUT2D eigenvalue weighted by Crippen LogP contribution is -2.44. The number of amides is 1. The minimum atomic E-state index is -0.803. The number of carboxylic acids is 1. The van der Waals surface area contributed by atoms with Gasteiger partial charge in [-0.05, 0) is 32.1 Å². The van der Waals surface area contributed by atoms with Crippen LogP contribution in [0.1, 0.15) is 57.8 Å². The fourth-order valence-electron chi connectivity index (χ4n) is 3.40. The Morgan fingerprint density at radius 1 is 1.05 bits per heavy atom. The lowest BCUT2D eigenvalue weighted by molar-refractivity contribution is -0.141. The highest BCUT2D eigenvalue weighted by molar-refractivity contribution is 5.80. The number of aliphatic hydroxyl groups is 1. The monoisotopic (exact) mass is 283 g/mol. The van der Waals surface area contributed by atoms with Crippen molar-refractivity contribution in [1.29, 1.82) is 0 Å². The molecule has 2 aliphatic carbocycles. The van der Waals surface area contributed by atoms with Crippen LogP contribution in [0, 0.1) is 11.8 Å². The number of nitrogens with one attached hydrogen (secondary N) is 1. The third-order valence-corrected chi connectivity index (χ3v) is 4.78. The number of aliphatic carboxylic acids is 1. The van der Waals surface area contributed by atoms with Crippen LogP contribution in [0.25, 0.3) is 0 Å². The first kappa shape index (κ1) is 15.3. The van der Waals surface area contributed by atoms with Crippen LogP contribution in [-0.4, -0.2) is 34.2 Å². The average molecular weight is 283 g/mol. The molecule has 0 radical (unpaired) electrons. The van der Waals surface area contributed by atoms with Gasteiger partial charge in [0.15, 0.2) is 0 Å². The van der Waals surface area contributed by atoms with E-state index in [1.54, 1.807) is 0 Å². The molecule has 0 aromatic heterocycles. The third-order valence-electron chi connectivity index (χ3n) is 4.78. The van der Waals surface area contributed by atoms with Crippen molar-refractivity contribution in [2.24, 2.45) is 11.8 Å². The molecule has 5 nitrogen and oxygen atoms in total. The van der Waals surface area contributed by atoms with E-state index >= 15 is 0 Å². The Hall–Kier alpha value is -1.10. The molecule has 0 bridgehead atoms. The molecule has 20 heavy (non-hydrogen) atoms. The van der Waals surface area contributed by atoms with Gasteiger partial charge in [0.25, 0.3) is 0 Å². The number of carboxylic acid groups (broad SMARTS) is 1. The fraction of sp³-hybridized carbons (Fsp3) is 0.867. The highest BCUT2D eigenvalue weighted by Crippen LogP contribution is 2.31. The van der Waals surface area contributed by atoms with E-state index in [0.717, 1.165) is 38.5 Å². The zero-order chi connectivity index (χ0) is 14.6. The van der Waals surface area contributed by atoms with Crippen molar-refractivity contribution in [2.45, 2.75) is 63.4 Å². The zero-order valence-electron chi connectivity index (χ0n) is 11.9. The van der Waals surface area contributed by atoms with Gasteiger partial charge in [0, 0.05) is 12.5 Å². The number of carbonyl (C=O) groups excluding carboxylic acids is 1. The lowest BCUT2D eigenvalue weighted by atomic mass is 9.94. The summed E-state index contributed by atoms with van der Waals surface area (Å²) in [6.07, 6.45) is 7.47. The van der Waals surface area contributed by atoms with E-state index in [1.807, 2.05) is 0 Å². The Balaban J connectivity index is 1.78. The molecule has 2 aliphatic rings. The van der Waals surface area contributed by atoms with Gasteiger partial charge in [-0.25, -0.2) is 0 Å². The van der Waals surface area contributed by atoms with Gasteiger partial charge in [0.05, 0.1) is 11.5 Å². The molecule has 0 aromatic rings. The summed E-state index contributed by atoms with van der Waals surface area (Å²) in [7, 11) is 0. The molecule has 2 fully saturated rings. The molecule has 3 N–H and O–H groups in total. The maximum Gasteiger partial charge on any atom is 0.306 e. The largest absolute Gasteiger partial charge is 0.481 e. The second kappa shape index (κ2) is 6.57. The van der Waals surface area contributed by atoms with Crippen molar-refractivity contribution in [1.82, 2.24) is 5.32 Å². The quantitative estimate of drug-likeness (QED) is 0.685. The minimum absolute atomic E-state index is 0.0913. The van der Waals surface area contributed by atoms with Crippen LogP contribution in [0.5, 0.6) is 0 Å². The molecule has 5 heteroatoms. The third kappa shape index (κ3) is 3.95. The molecule has 0 unspecified atom stereocenters. The minimum Gasteiger partial charge on any atom is -0.481 e. The Bertz CT molecular complexity index is 361. The van der Waals surface area contributed by atoms with Gasteiger partial charge in [-0.15, -0.1) is 0 Å². The normalized spacial score (nSPS) is 29.6. The van der Waals surface area contributed by atoms with Gasteiger partial charge in [0.1, 0.15) is 0 Å². The summed E-state index contributed by atoms with van der Waals surface area (Å²) in [6, 6.07) is 0. The van der Waals surface area contributed by atoms with E-state index in [9.17, 15) is 14.7 Å². The Morgan fingerprint density at radius 3 is 2.20 bits per heavy atom. The van der Waals surface area contributed by atoms with Crippen LogP contribution in [0.4, 0.5) is 0 Å². The van der Waals surface area contributed by atoms with Crippen molar-refractivity contribution >= 4 is 11.9 Å². The highest BCUT2D eigenvalue weighted by atomic mass is 16.4. The number of hydrogen-bond acceptors (Lipinski definition) is 3. The predicted molar refractivity (Wildman–Crippen MR) is 74.1 cm³/mol. The van der Waals surface area contributed by atoms with E-state index < -0.39 is 11.6 Å². The van der Waals surface area contributed by atoms with Gasteiger partial charge < -0.3 is 15.5 Å². The Labute approximate surface area is 119 Å². The van der Waals surface area contributed by atoms with Crippen LogP contribution >= 0.6 is 0 Å². The molecule has 0 saturated heterocycles. The topological polar surface area (TPSA) is 86.6 Å². The number of rotatable bonds is 4. The summed E-state index contributed by atoms with van der Waals surface area (Å²) < 4.78 is 0. The van der Waals surface area contributed by atoms with Crippen LogP contribution in [-0.2, 0) is 9.59 Å². The van der Waals surface area contributed by atoms with Gasteiger partial charge in [-0.3, -0.25) is 9.59 Å². The van der Waals surface area contributed by atoms with Crippen molar-refractivity contribution < 1.29 is 19.8 Å². The van der Waals surface area contributed by atoms with Crippen molar-refractivity contribution in [3.8, 4) is 0 Å². The molecular weight excluding hydrogens is 258 g/mol. The summed E-state index contributed by atoms with van der Waals surface area (Å²) in [6.45, 7) is 0.306. The standard InChI is InChI=1S/C15H25NO4/c17-13(11-5-6-12(9-11)14(18)19)16-10-15(20)7-3-1-2-4-8-15/h11-12,20H,1-10H2,(H,16,17)(H,18,19)/t11-,12+/m1/s1. The van der Waals surface area contributed by atoms with Gasteiger partial charge in [0.2, 0.25) is 5.91 Å².